The molecule has 1 aromatic carbocycles. The van der Waals surface area contributed by atoms with Crippen LogP contribution >= 0.6 is 12.6 Å². The van der Waals surface area contributed by atoms with Gasteiger partial charge in [-0.05, 0) is 36.8 Å². The topological polar surface area (TPSA) is 21.3 Å². The summed E-state index contributed by atoms with van der Waals surface area (Å²) >= 11 is 4.19. The molecule has 2 nitrogen and oxygen atoms in total. The number of rotatable bonds is 7. The van der Waals surface area contributed by atoms with E-state index in [1.54, 1.807) is 7.11 Å². The van der Waals surface area contributed by atoms with Gasteiger partial charge in [-0.15, -0.1) is 0 Å². The summed E-state index contributed by atoms with van der Waals surface area (Å²) in [6.45, 7) is 4.04. The van der Waals surface area contributed by atoms with E-state index in [-0.39, 0.29) is 0 Å². The van der Waals surface area contributed by atoms with Gasteiger partial charge in [0.1, 0.15) is 5.75 Å². The second-order valence-electron chi connectivity index (χ2n) is 3.75. The average Bonchev–Trinajstić information content (AvgIpc) is 2.34. The smallest absolute Gasteiger partial charge is 0.123 e. The van der Waals surface area contributed by atoms with Crippen LogP contribution in [-0.4, -0.2) is 19.4 Å². The van der Waals surface area contributed by atoms with E-state index >= 15 is 0 Å². The summed E-state index contributed by atoms with van der Waals surface area (Å²) in [6, 6.07) is 6.39. The maximum absolute atomic E-state index is 5.35. The second-order valence-corrected chi connectivity index (χ2v) is 4.20. The largest absolute Gasteiger partial charge is 0.496 e. The Morgan fingerprint density at radius 2 is 2.19 bits per heavy atom. The fourth-order valence-corrected chi connectivity index (χ4v) is 1.78. The molecule has 0 bridgehead atoms. The number of hydrogen-bond acceptors (Lipinski definition) is 3. The highest BCUT2D eigenvalue weighted by molar-refractivity contribution is 7.80. The maximum atomic E-state index is 5.35. The van der Waals surface area contributed by atoms with E-state index in [4.69, 9.17) is 4.74 Å². The van der Waals surface area contributed by atoms with E-state index in [2.05, 4.69) is 43.1 Å². The molecule has 0 unspecified atom stereocenters. The minimum Gasteiger partial charge on any atom is -0.496 e. The lowest BCUT2D eigenvalue weighted by Crippen LogP contribution is -2.15. The van der Waals surface area contributed by atoms with Crippen LogP contribution in [0.15, 0.2) is 18.2 Å². The van der Waals surface area contributed by atoms with Crippen molar-refractivity contribution in [3.8, 4) is 5.75 Å². The quantitative estimate of drug-likeness (QED) is 0.564. The highest BCUT2D eigenvalue weighted by Gasteiger charge is 2.03. The summed E-state index contributed by atoms with van der Waals surface area (Å²) in [5, 5.41) is 3.40. The Labute approximate surface area is 104 Å². The van der Waals surface area contributed by atoms with E-state index in [1.165, 1.54) is 11.1 Å². The van der Waals surface area contributed by atoms with Crippen molar-refractivity contribution in [3.63, 3.8) is 0 Å². The molecular weight excluding hydrogens is 218 g/mol. The Morgan fingerprint density at radius 3 is 2.81 bits per heavy atom. The first-order valence-electron chi connectivity index (χ1n) is 5.79. The zero-order chi connectivity index (χ0) is 11.8. The third kappa shape index (κ3) is 4.06. The van der Waals surface area contributed by atoms with Crippen LogP contribution in [-0.2, 0) is 13.0 Å². The molecule has 0 fully saturated rings. The minimum atomic E-state index is 0.866. The molecule has 1 N–H and O–H groups in total. The van der Waals surface area contributed by atoms with Crippen LogP contribution < -0.4 is 10.1 Å². The molecular formula is C13H21NOS. The highest BCUT2D eigenvalue weighted by atomic mass is 32.1. The molecule has 1 aromatic rings. The zero-order valence-corrected chi connectivity index (χ0v) is 11.0. The first-order chi connectivity index (χ1) is 7.81. The molecule has 0 saturated heterocycles. The third-order valence-corrected chi connectivity index (χ3v) is 2.90. The number of aryl methyl sites for hydroxylation is 1. The summed E-state index contributed by atoms with van der Waals surface area (Å²) in [5.41, 5.74) is 2.59. The zero-order valence-electron chi connectivity index (χ0n) is 10.1. The van der Waals surface area contributed by atoms with Gasteiger partial charge in [0.25, 0.3) is 0 Å². The molecule has 3 heteroatoms. The number of hydrogen-bond donors (Lipinski definition) is 2. The van der Waals surface area contributed by atoms with Gasteiger partial charge in [0.05, 0.1) is 7.11 Å². The van der Waals surface area contributed by atoms with Gasteiger partial charge in [-0.25, -0.2) is 0 Å². The molecule has 1 rings (SSSR count). The van der Waals surface area contributed by atoms with Crippen LogP contribution in [0.4, 0.5) is 0 Å². The van der Waals surface area contributed by atoms with Crippen molar-refractivity contribution in [2.45, 2.75) is 26.3 Å². The van der Waals surface area contributed by atoms with E-state index in [0.717, 1.165) is 37.4 Å². The van der Waals surface area contributed by atoms with Gasteiger partial charge in [-0.1, -0.05) is 19.1 Å². The third-order valence-electron chi connectivity index (χ3n) is 2.58. The SMILES string of the molecule is CCc1ccc(OC)c(CNCCCS)c1. The van der Waals surface area contributed by atoms with Crippen molar-refractivity contribution in [3.05, 3.63) is 29.3 Å². The Bertz CT molecular complexity index is 315. The van der Waals surface area contributed by atoms with Crippen molar-refractivity contribution in [2.75, 3.05) is 19.4 Å². The molecule has 90 valence electrons. The molecule has 0 aliphatic rings. The summed E-state index contributed by atoms with van der Waals surface area (Å²) in [4.78, 5) is 0. The first-order valence-corrected chi connectivity index (χ1v) is 6.42. The summed E-state index contributed by atoms with van der Waals surface area (Å²) in [6.07, 6.45) is 2.16. The molecule has 0 atom stereocenters. The standard InChI is InChI=1S/C13H21NOS/c1-3-11-5-6-13(15-2)12(9-11)10-14-7-4-8-16/h5-6,9,14,16H,3-4,7-8,10H2,1-2H3. The second kappa shape index (κ2) is 7.58. The van der Waals surface area contributed by atoms with Crippen LogP contribution in [0.2, 0.25) is 0 Å². The number of thiol groups is 1. The van der Waals surface area contributed by atoms with Crippen LogP contribution in [0.1, 0.15) is 24.5 Å². The van der Waals surface area contributed by atoms with Gasteiger partial charge in [0, 0.05) is 12.1 Å². The maximum Gasteiger partial charge on any atom is 0.123 e. The molecule has 0 saturated carbocycles. The number of methoxy groups -OCH3 is 1. The van der Waals surface area contributed by atoms with E-state index < -0.39 is 0 Å². The summed E-state index contributed by atoms with van der Waals surface area (Å²) in [5.74, 6) is 1.90. The molecule has 0 amide bonds. The molecule has 0 aliphatic carbocycles. The molecule has 0 aromatic heterocycles. The van der Waals surface area contributed by atoms with Crippen LogP contribution in [0.25, 0.3) is 0 Å². The van der Waals surface area contributed by atoms with Gasteiger partial charge in [-0.3, -0.25) is 0 Å². The summed E-state index contributed by atoms with van der Waals surface area (Å²) in [7, 11) is 1.72. The van der Waals surface area contributed by atoms with Crippen molar-refractivity contribution < 1.29 is 4.74 Å². The van der Waals surface area contributed by atoms with Crippen molar-refractivity contribution in [1.82, 2.24) is 5.32 Å². The molecule has 0 spiro atoms. The fourth-order valence-electron chi connectivity index (χ4n) is 1.62. The average molecular weight is 239 g/mol. The molecule has 0 heterocycles. The lowest BCUT2D eigenvalue weighted by atomic mass is 10.1. The molecule has 0 aliphatic heterocycles. The normalized spacial score (nSPS) is 10.4. The molecule has 16 heavy (non-hydrogen) atoms. The Balaban J connectivity index is 2.60. The van der Waals surface area contributed by atoms with Crippen molar-refractivity contribution >= 4 is 12.6 Å². The van der Waals surface area contributed by atoms with Crippen molar-refractivity contribution in [1.29, 1.82) is 0 Å². The van der Waals surface area contributed by atoms with Crippen LogP contribution in [0, 0.1) is 0 Å². The summed E-state index contributed by atoms with van der Waals surface area (Å²) < 4.78 is 5.35. The monoisotopic (exact) mass is 239 g/mol. The number of ether oxygens (including phenoxy) is 1. The van der Waals surface area contributed by atoms with E-state index in [9.17, 15) is 0 Å². The van der Waals surface area contributed by atoms with Crippen LogP contribution in [0.5, 0.6) is 5.75 Å². The minimum absolute atomic E-state index is 0.866. The van der Waals surface area contributed by atoms with E-state index in [1.807, 2.05) is 0 Å². The highest BCUT2D eigenvalue weighted by Crippen LogP contribution is 2.19. The molecule has 0 radical (unpaired) electrons. The van der Waals surface area contributed by atoms with E-state index in [0.29, 0.717) is 0 Å². The predicted octanol–water partition coefficient (Wildman–Crippen LogP) is 2.67. The lowest BCUT2D eigenvalue weighted by Gasteiger charge is -2.11. The Hall–Kier alpha value is -0.670. The fraction of sp³-hybridized carbons (Fsp3) is 0.538. The van der Waals surface area contributed by atoms with Gasteiger partial charge in [-0.2, -0.15) is 12.6 Å². The number of benzene rings is 1. The lowest BCUT2D eigenvalue weighted by molar-refractivity contribution is 0.407. The van der Waals surface area contributed by atoms with Crippen LogP contribution in [0.3, 0.4) is 0 Å². The van der Waals surface area contributed by atoms with Gasteiger partial charge >= 0.3 is 0 Å². The first kappa shape index (κ1) is 13.4. The Morgan fingerprint density at radius 1 is 1.38 bits per heavy atom. The Kier molecular flexibility index (Phi) is 6.34. The van der Waals surface area contributed by atoms with Crippen molar-refractivity contribution in [2.24, 2.45) is 0 Å². The van der Waals surface area contributed by atoms with Gasteiger partial charge < -0.3 is 10.1 Å². The predicted molar refractivity (Wildman–Crippen MR) is 72.5 cm³/mol. The van der Waals surface area contributed by atoms with Gasteiger partial charge in [0.15, 0.2) is 0 Å². The number of nitrogens with one attached hydrogen (secondary N) is 1. The van der Waals surface area contributed by atoms with Gasteiger partial charge in [0.2, 0.25) is 0 Å².